The van der Waals surface area contributed by atoms with Crippen molar-refractivity contribution in [3.8, 4) is 0 Å². The van der Waals surface area contributed by atoms with Crippen LogP contribution in [0.5, 0.6) is 0 Å². The van der Waals surface area contributed by atoms with Crippen molar-refractivity contribution in [3.63, 3.8) is 0 Å². The van der Waals surface area contributed by atoms with Crippen molar-refractivity contribution in [1.82, 2.24) is 0 Å². The van der Waals surface area contributed by atoms with Gasteiger partial charge in [0, 0.05) is 9.86 Å². The maximum Gasteiger partial charge on any atom is 0.259 e. The number of nitrogens with one attached hydrogen (secondary N) is 1. The molecule has 0 atom stereocenters. The number of hydrogen-bond donors (Lipinski definition) is 1. The van der Waals surface area contributed by atoms with E-state index in [-0.39, 0.29) is 5.91 Å². The van der Waals surface area contributed by atoms with Crippen LogP contribution in [0.2, 0.25) is 0 Å². The summed E-state index contributed by atoms with van der Waals surface area (Å²) in [6.45, 7) is 1.98. The van der Waals surface area contributed by atoms with Crippen LogP contribution in [0.15, 0.2) is 57.6 Å². The summed E-state index contributed by atoms with van der Waals surface area (Å²) in [5.41, 5.74) is 3.06. The molecule has 3 nitrogen and oxygen atoms in total. The standard InChI is InChI=1S/C16H12BrNO2/c1-10-5-4-7-13(15(10)17)18-16(19)12-9-20-14-8-3-2-6-11(12)14/h2-9H,1H3,(H,18,19). The second-order valence-electron chi connectivity index (χ2n) is 4.54. The van der Waals surface area contributed by atoms with Crippen LogP contribution in [0, 0.1) is 6.92 Å². The van der Waals surface area contributed by atoms with Gasteiger partial charge in [0.05, 0.1) is 11.3 Å². The molecule has 0 aliphatic rings. The van der Waals surface area contributed by atoms with E-state index in [4.69, 9.17) is 4.42 Å². The molecular formula is C16H12BrNO2. The lowest BCUT2D eigenvalue weighted by Crippen LogP contribution is -2.11. The molecule has 4 heteroatoms. The maximum atomic E-state index is 12.4. The molecule has 1 N–H and O–H groups in total. The molecule has 0 unspecified atom stereocenters. The molecule has 3 rings (SSSR count). The monoisotopic (exact) mass is 329 g/mol. The van der Waals surface area contributed by atoms with E-state index in [2.05, 4.69) is 21.2 Å². The first-order valence-electron chi connectivity index (χ1n) is 6.19. The van der Waals surface area contributed by atoms with E-state index < -0.39 is 0 Å². The van der Waals surface area contributed by atoms with Gasteiger partial charge in [-0.3, -0.25) is 4.79 Å². The molecule has 3 aromatic rings. The Labute approximate surface area is 124 Å². The number of amides is 1. The lowest BCUT2D eigenvalue weighted by atomic mass is 10.1. The van der Waals surface area contributed by atoms with Gasteiger partial charge in [-0.25, -0.2) is 0 Å². The fourth-order valence-electron chi connectivity index (χ4n) is 2.09. The highest BCUT2D eigenvalue weighted by atomic mass is 79.9. The van der Waals surface area contributed by atoms with Crippen LogP contribution in [0.4, 0.5) is 5.69 Å². The molecular weight excluding hydrogens is 318 g/mol. The number of carbonyl (C=O) groups is 1. The van der Waals surface area contributed by atoms with Gasteiger partial charge in [-0.15, -0.1) is 0 Å². The molecule has 0 fully saturated rings. The minimum absolute atomic E-state index is 0.179. The van der Waals surface area contributed by atoms with Crippen molar-refractivity contribution >= 4 is 38.5 Å². The van der Waals surface area contributed by atoms with Gasteiger partial charge < -0.3 is 9.73 Å². The number of furan rings is 1. The fourth-order valence-corrected chi connectivity index (χ4v) is 2.45. The van der Waals surface area contributed by atoms with Crippen LogP contribution in [0.3, 0.4) is 0 Å². The molecule has 0 saturated carbocycles. The Bertz CT molecular complexity index is 792. The molecule has 0 saturated heterocycles. The zero-order valence-corrected chi connectivity index (χ0v) is 12.4. The minimum atomic E-state index is -0.179. The molecule has 0 bridgehead atoms. The van der Waals surface area contributed by atoms with Crippen LogP contribution >= 0.6 is 15.9 Å². The molecule has 1 aromatic heterocycles. The SMILES string of the molecule is Cc1cccc(NC(=O)c2coc3ccccc23)c1Br. The maximum absolute atomic E-state index is 12.4. The average Bonchev–Trinajstić information content (AvgIpc) is 2.88. The molecule has 1 amide bonds. The Balaban J connectivity index is 1.95. The van der Waals surface area contributed by atoms with E-state index in [0.717, 1.165) is 21.1 Å². The van der Waals surface area contributed by atoms with E-state index >= 15 is 0 Å². The number of rotatable bonds is 2. The van der Waals surface area contributed by atoms with Gasteiger partial charge in [-0.2, -0.15) is 0 Å². The van der Waals surface area contributed by atoms with Crippen molar-refractivity contribution in [2.75, 3.05) is 5.32 Å². The summed E-state index contributed by atoms with van der Waals surface area (Å²) in [6, 6.07) is 13.2. The van der Waals surface area contributed by atoms with Gasteiger partial charge in [-0.05, 0) is 40.5 Å². The topological polar surface area (TPSA) is 42.2 Å². The summed E-state index contributed by atoms with van der Waals surface area (Å²) in [4.78, 5) is 12.4. The normalized spacial score (nSPS) is 10.7. The number of benzene rings is 2. The van der Waals surface area contributed by atoms with Crippen LogP contribution < -0.4 is 5.32 Å². The van der Waals surface area contributed by atoms with Gasteiger partial charge in [0.15, 0.2) is 0 Å². The first kappa shape index (κ1) is 12.9. The largest absolute Gasteiger partial charge is 0.463 e. The summed E-state index contributed by atoms with van der Waals surface area (Å²) in [5, 5.41) is 3.71. The molecule has 20 heavy (non-hydrogen) atoms. The van der Waals surface area contributed by atoms with E-state index in [9.17, 15) is 4.79 Å². The predicted octanol–water partition coefficient (Wildman–Crippen LogP) is 4.76. The highest BCUT2D eigenvalue weighted by Crippen LogP contribution is 2.27. The predicted molar refractivity (Wildman–Crippen MR) is 83.0 cm³/mol. The summed E-state index contributed by atoms with van der Waals surface area (Å²) >= 11 is 3.48. The van der Waals surface area contributed by atoms with Crippen molar-refractivity contribution in [1.29, 1.82) is 0 Å². The first-order chi connectivity index (χ1) is 9.66. The molecule has 1 heterocycles. The second kappa shape index (κ2) is 5.13. The number of aryl methyl sites for hydroxylation is 1. The number of carbonyl (C=O) groups excluding carboxylic acids is 1. The quantitative estimate of drug-likeness (QED) is 0.736. The van der Waals surface area contributed by atoms with E-state index in [0.29, 0.717) is 11.1 Å². The Kier molecular flexibility index (Phi) is 3.32. The van der Waals surface area contributed by atoms with Crippen LogP contribution in [0.1, 0.15) is 15.9 Å². The van der Waals surface area contributed by atoms with Crippen LogP contribution in [0.25, 0.3) is 11.0 Å². The van der Waals surface area contributed by atoms with Crippen molar-refractivity contribution in [2.45, 2.75) is 6.92 Å². The van der Waals surface area contributed by atoms with Gasteiger partial charge in [-0.1, -0.05) is 30.3 Å². The third-order valence-corrected chi connectivity index (χ3v) is 4.22. The Morgan fingerprint density at radius 3 is 2.80 bits per heavy atom. The smallest absolute Gasteiger partial charge is 0.259 e. The van der Waals surface area contributed by atoms with Gasteiger partial charge in [0.2, 0.25) is 0 Å². The van der Waals surface area contributed by atoms with Crippen LogP contribution in [-0.2, 0) is 0 Å². The fraction of sp³-hybridized carbons (Fsp3) is 0.0625. The molecule has 0 aliphatic heterocycles. The lowest BCUT2D eigenvalue weighted by molar-refractivity contribution is 0.102. The zero-order chi connectivity index (χ0) is 14.1. The first-order valence-corrected chi connectivity index (χ1v) is 6.99. The third kappa shape index (κ3) is 2.23. The van der Waals surface area contributed by atoms with Crippen molar-refractivity contribution in [3.05, 3.63) is 64.3 Å². The van der Waals surface area contributed by atoms with E-state index in [1.807, 2.05) is 49.4 Å². The zero-order valence-electron chi connectivity index (χ0n) is 10.8. The summed E-state index contributed by atoms with van der Waals surface area (Å²) < 4.78 is 6.28. The Hall–Kier alpha value is -2.07. The van der Waals surface area contributed by atoms with Gasteiger partial charge >= 0.3 is 0 Å². The van der Waals surface area contributed by atoms with Crippen molar-refractivity contribution in [2.24, 2.45) is 0 Å². The highest BCUT2D eigenvalue weighted by molar-refractivity contribution is 9.10. The summed E-state index contributed by atoms with van der Waals surface area (Å²) in [5.74, 6) is -0.179. The number of anilines is 1. The van der Waals surface area contributed by atoms with E-state index in [1.165, 1.54) is 6.26 Å². The third-order valence-electron chi connectivity index (χ3n) is 3.17. The average molecular weight is 330 g/mol. The van der Waals surface area contributed by atoms with E-state index in [1.54, 1.807) is 0 Å². The Morgan fingerprint density at radius 2 is 1.95 bits per heavy atom. The van der Waals surface area contributed by atoms with Crippen LogP contribution in [-0.4, -0.2) is 5.91 Å². The lowest BCUT2D eigenvalue weighted by Gasteiger charge is -2.08. The molecule has 0 aliphatic carbocycles. The van der Waals surface area contributed by atoms with Gasteiger partial charge in [0.1, 0.15) is 11.8 Å². The summed E-state index contributed by atoms with van der Waals surface area (Å²) in [7, 11) is 0. The van der Waals surface area contributed by atoms with Crippen molar-refractivity contribution < 1.29 is 9.21 Å². The Morgan fingerprint density at radius 1 is 1.15 bits per heavy atom. The van der Waals surface area contributed by atoms with Gasteiger partial charge in [0.25, 0.3) is 5.91 Å². The molecule has 0 radical (unpaired) electrons. The second-order valence-corrected chi connectivity index (χ2v) is 5.33. The number of hydrogen-bond acceptors (Lipinski definition) is 2. The number of para-hydroxylation sites is 1. The molecule has 100 valence electrons. The minimum Gasteiger partial charge on any atom is -0.463 e. The molecule has 2 aromatic carbocycles. The highest BCUT2D eigenvalue weighted by Gasteiger charge is 2.14. The summed E-state index contributed by atoms with van der Waals surface area (Å²) in [6.07, 6.45) is 1.49. The molecule has 0 spiro atoms. The number of fused-ring (bicyclic) bond motifs is 1. The number of halogens is 1.